The van der Waals surface area contributed by atoms with Crippen molar-refractivity contribution in [3.63, 3.8) is 0 Å². The predicted octanol–water partition coefficient (Wildman–Crippen LogP) is 0.394. The Morgan fingerprint density at radius 2 is 2.29 bits per heavy atom. The van der Waals surface area contributed by atoms with Crippen molar-refractivity contribution in [3.8, 4) is 0 Å². The predicted molar refractivity (Wildman–Crippen MR) is 52.4 cm³/mol. The third-order valence-corrected chi connectivity index (χ3v) is 1.65. The molecule has 0 aliphatic carbocycles. The Bertz CT molecular complexity index is 396. The average Bonchev–Trinajstić information content (AvgIpc) is 2.67. The van der Waals surface area contributed by atoms with Gasteiger partial charge in [-0.3, -0.25) is 0 Å². The number of imidazole rings is 1. The van der Waals surface area contributed by atoms with E-state index in [9.17, 15) is 0 Å². The van der Waals surface area contributed by atoms with Crippen molar-refractivity contribution in [2.45, 2.75) is 6.54 Å². The summed E-state index contributed by atoms with van der Waals surface area (Å²) in [5.41, 5.74) is 5.49. The van der Waals surface area contributed by atoms with Gasteiger partial charge in [0.2, 0.25) is 5.95 Å². The molecule has 0 bridgehead atoms. The molecule has 72 valence electrons. The summed E-state index contributed by atoms with van der Waals surface area (Å²) < 4.78 is 0. The molecule has 6 nitrogen and oxygen atoms in total. The first-order valence-electron chi connectivity index (χ1n) is 4.15. The molecule has 4 N–H and O–H groups in total. The normalized spacial score (nSPS) is 10.0. The molecule has 0 fully saturated rings. The maximum Gasteiger partial charge on any atom is 0.224 e. The van der Waals surface area contributed by atoms with Crippen LogP contribution in [0.4, 0.5) is 11.8 Å². The second kappa shape index (κ2) is 3.73. The van der Waals surface area contributed by atoms with Gasteiger partial charge in [-0.15, -0.1) is 0 Å². The molecule has 0 aromatic carbocycles. The molecule has 0 saturated heterocycles. The van der Waals surface area contributed by atoms with E-state index in [4.69, 9.17) is 5.73 Å². The number of hydrogen-bond acceptors (Lipinski definition) is 5. The lowest BCUT2D eigenvalue weighted by molar-refractivity contribution is 0.969. The minimum absolute atomic E-state index is 0.446. The van der Waals surface area contributed by atoms with E-state index in [1.807, 2.05) is 0 Å². The number of nitrogens with zero attached hydrogens (tertiary/aromatic N) is 3. The Morgan fingerprint density at radius 1 is 1.36 bits per heavy atom. The second-order valence-electron chi connectivity index (χ2n) is 2.69. The molecule has 6 heteroatoms. The molecule has 2 aromatic heterocycles. The van der Waals surface area contributed by atoms with E-state index in [0.29, 0.717) is 18.3 Å². The van der Waals surface area contributed by atoms with E-state index >= 15 is 0 Å². The molecule has 2 rings (SSSR count). The van der Waals surface area contributed by atoms with Gasteiger partial charge in [0.1, 0.15) is 11.6 Å². The highest BCUT2D eigenvalue weighted by Crippen LogP contribution is 2.02. The first-order chi connectivity index (χ1) is 6.84. The van der Waals surface area contributed by atoms with Gasteiger partial charge in [0.25, 0.3) is 0 Å². The van der Waals surface area contributed by atoms with Gasteiger partial charge in [-0.1, -0.05) is 0 Å². The maximum absolute atomic E-state index is 5.49. The average molecular weight is 190 g/mol. The second-order valence-corrected chi connectivity index (χ2v) is 2.69. The number of hydrogen-bond donors (Lipinski definition) is 3. The fourth-order valence-corrected chi connectivity index (χ4v) is 1.02. The van der Waals surface area contributed by atoms with Crippen molar-refractivity contribution >= 4 is 11.8 Å². The van der Waals surface area contributed by atoms with E-state index in [1.54, 1.807) is 24.7 Å². The molecule has 0 amide bonds. The lowest BCUT2D eigenvalue weighted by atomic mass is 10.6. The zero-order valence-electron chi connectivity index (χ0n) is 7.44. The van der Waals surface area contributed by atoms with E-state index in [2.05, 4.69) is 25.3 Å². The highest BCUT2D eigenvalue weighted by molar-refractivity contribution is 5.34. The molecule has 0 radical (unpaired) electrons. The van der Waals surface area contributed by atoms with Gasteiger partial charge in [-0.25, -0.2) is 9.97 Å². The molecular weight excluding hydrogens is 180 g/mol. The molecule has 0 unspecified atom stereocenters. The van der Waals surface area contributed by atoms with Gasteiger partial charge in [-0.2, -0.15) is 4.98 Å². The van der Waals surface area contributed by atoms with Crippen LogP contribution in [0, 0.1) is 0 Å². The molecule has 0 saturated carbocycles. The Morgan fingerprint density at radius 3 is 3.00 bits per heavy atom. The molecule has 2 aromatic rings. The van der Waals surface area contributed by atoms with E-state index in [-0.39, 0.29) is 0 Å². The zero-order valence-corrected chi connectivity index (χ0v) is 7.44. The van der Waals surface area contributed by atoms with Crippen LogP contribution in [0.3, 0.4) is 0 Å². The van der Waals surface area contributed by atoms with Crippen LogP contribution in [0.25, 0.3) is 0 Å². The van der Waals surface area contributed by atoms with Crippen LogP contribution in [0.2, 0.25) is 0 Å². The summed E-state index contributed by atoms with van der Waals surface area (Å²) in [5.74, 6) is 1.78. The Balaban J connectivity index is 1.98. The van der Waals surface area contributed by atoms with Crippen LogP contribution in [0.5, 0.6) is 0 Å². The Kier molecular flexibility index (Phi) is 2.26. The largest absolute Gasteiger partial charge is 0.384 e. The number of anilines is 2. The van der Waals surface area contributed by atoms with E-state index in [0.717, 1.165) is 5.82 Å². The smallest absolute Gasteiger partial charge is 0.224 e. The summed E-state index contributed by atoms with van der Waals surface area (Å²) in [6.45, 7) is 0.552. The van der Waals surface area contributed by atoms with Crippen LogP contribution < -0.4 is 11.1 Å². The quantitative estimate of drug-likeness (QED) is 0.651. The van der Waals surface area contributed by atoms with Gasteiger partial charge in [0, 0.05) is 18.6 Å². The topological polar surface area (TPSA) is 92.5 Å². The highest BCUT2D eigenvalue weighted by atomic mass is 15.1. The number of aromatic amines is 1. The number of H-pyrrole nitrogens is 1. The third kappa shape index (κ3) is 1.98. The lowest BCUT2D eigenvalue weighted by Gasteiger charge is -2.01. The summed E-state index contributed by atoms with van der Waals surface area (Å²) >= 11 is 0. The van der Waals surface area contributed by atoms with Crippen molar-refractivity contribution in [2.75, 3.05) is 11.1 Å². The Labute approximate surface area is 80.6 Å². The maximum atomic E-state index is 5.49. The third-order valence-electron chi connectivity index (χ3n) is 1.65. The minimum atomic E-state index is 0.446. The van der Waals surface area contributed by atoms with Gasteiger partial charge >= 0.3 is 0 Å². The highest BCUT2D eigenvalue weighted by Gasteiger charge is 1.97. The summed E-state index contributed by atoms with van der Waals surface area (Å²) in [5, 5.41) is 2.99. The molecule has 0 spiro atoms. The number of nitrogens with one attached hydrogen (secondary N) is 2. The van der Waals surface area contributed by atoms with Crippen molar-refractivity contribution in [2.24, 2.45) is 0 Å². The van der Waals surface area contributed by atoms with Crippen LogP contribution in [-0.4, -0.2) is 19.9 Å². The number of nitrogen functional groups attached to an aromatic ring is 1. The van der Waals surface area contributed by atoms with Crippen molar-refractivity contribution in [1.82, 2.24) is 19.9 Å². The van der Waals surface area contributed by atoms with Crippen molar-refractivity contribution in [1.29, 1.82) is 0 Å². The fourth-order valence-electron chi connectivity index (χ4n) is 1.02. The Hall–Kier alpha value is -2.11. The van der Waals surface area contributed by atoms with Crippen LogP contribution in [0.15, 0.2) is 24.7 Å². The number of nitrogens with two attached hydrogens (primary N) is 1. The first kappa shape index (κ1) is 8.49. The van der Waals surface area contributed by atoms with Crippen molar-refractivity contribution in [3.05, 3.63) is 30.5 Å². The summed E-state index contributed by atoms with van der Waals surface area (Å²) in [6.07, 6.45) is 5.06. The first-order valence-corrected chi connectivity index (χ1v) is 4.15. The van der Waals surface area contributed by atoms with Gasteiger partial charge < -0.3 is 16.0 Å². The van der Waals surface area contributed by atoms with Gasteiger partial charge in [0.05, 0.1) is 6.54 Å². The molecule has 0 atom stereocenters. The fraction of sp³-hybridized carbons (Fsp3) is 0.125. The van der Waals surface area contributed by atoms with Gasteiger partial charge in [-0.05, 0) is 6.07 Å². The summed E-state index contributed by atoms with van der Waals surface area (Å²) in [7, 11) is 0. The van der Waals surface area contributed by atoms with Crippen molar-refractivity contribution < 1.29 is 0 Å². The summed E-state index contributed by atoms with van der Waals surface area (Å²) in [6, 6.07) is 1.64. The van der Waals surface area contributed by atoms with Crippen LogP contribution in [-0.2, 0) is 6.54 Å². The summed E-state index contributed by atoms with van der Waals surface area (Å²) in [4.78, 5) is 15.0. The molecule has 14 heavy (non-hydrogen) atoms. The minimum Gasteiger partial charge on any atom is -0.384 e. The molecule has 0 aliphatic rings. The van der Waals surface area contributed by atoms with E-state index in [1.165, 1.54) is 0 Å². The number of rotatable bonds is 3. The SMILES string of the molecule is Nc1ccnc(NCc2ncc[nH]2)n1. The molecule has 2 heterocycles. The zero-order chi connectivity index (χ0) is 9.80. The standard InChI is InChI=1S/C8H10N6/c9-6-1-2-12-8(14-6)13-5-7-10-3-4-11-7/h1-4H,5H2,(H,10,11)(H3,9,12,13,14). The van der Waals surface area contributed by atoms with Crippen LogP contribution in [0.1, 0.15) is 5.82 Å². The monoisotopic (exact) mass is 190 g/mol. The lowest BCUT2D eigenvalue weighted by Crippen LogP contribution is -2.05. The van der Waals surface area contributed by atoms with Crippen LogP contribution >= 0.6 is 0 Å². The number of aromatic nitrogens is 4. The molecular formula is C8H10N6. The van der Waals surface area contributed by atoms with Gasteiger partial charge in [0.15, 0.2) is 0 Å². The molecule has 0 aliphatic heterocycles. The van der Waals surface area contributed by atoms with E-state index < -0.39 is 0 Å².